The van der Waals surface area contributed by atoms with Crippen molar-refractivity contribution in [2.24, 2.45) is 4.99 Å². The molecule has 3 heterocycles. The minimum Gasteiger partial charge on any atom is -0.358 e. The highest BCUT2D eigenvalue weighted by Gasteiger charge is 2.26. The van der Waals surface area contributed by atoms with Gasteiger partial charge in [-0.05, 0) is 30.9 Å². The summed E-state index contributed by atoms with van der Waals surface area (Å²) in [7, 11) is 2.18. The zero-order valence-corrected chi connectivity index (χ0v) is 11.4. The molecule has 2 aromatic rings. The highest BCUT2D eigenvalue weighted by atomic mass is 15.2. The van der Waals surface area contributed by atoms with Crippen molar-refractivity contribution >= 4 is 16.7 Å². The lowest BCUT2D eigenvalue weighted by molar-refractivity contribution is 0.485. The van der Waals surface area contributed by atoms with Crippen LogP contribution in [0.25, 0.3) is 10.9 Å². The number of aliphatic imine (C=N–C) groups is 1. The van der Waals surface area contributed by atoms with E-state index in [-0.39, 0.29) is 0 Å². The van der Waals surface area contributed by atoms with Crippen molar-refractivity contribution in [3.63, 3.8) is 0 Å². The van der Waals surface area contributed by atoms with Crippen LogP contribution in [0.15, 0.2) is 29.3 Å². The maximum Gasteiger partial charge on any atom is 0.147 e. The Morgan fingerprint density at radius 3 is 2.95 bits per heavy atom. The maximum absolute atomic E-state index is 4.85. The Morgan fingerprint density at radius 1 is 1.11 bits per heavy atom. The summed E-state index contributed by atoms with van der Waals surface area (Å²) in [5.74, 6) is 1.21. The van der Waals surface area contributed by atoms with Gasteiger partial charge in [0.1, 0.15) is 5.84 Å². The second-order valence-electron chi connectivity index (χ2n) is 5.58. The molecule has 0 saturated carbocycles. The zero-order valence-electron chi connectivity index (χ0n) is 11.4. The van der Waals surface area contributed by atoms with Gasteiger partial charge in [-0.1, -0.05) is 18.2 Å². The number of fused-ring (bicyclic) bond motifs is 3. The summed E-state index contributed by atoms with van der Waals surface area (Å²) in [4.78, 5) is 7.19. The minimum absolute atomic E-state index is 0.961. The Balaban J connectivity index is 2.10. The lowest BCUT2D eigenvalue weighted by Gasteiger charge is -2.18. The van der Waals surface area contributed by atoms with E-state index in [1.807, 2.05) is 0 Å². The number of rotatable bonds is 0. The van der Waals surface area contributed by atoms with Crippen molar-refractivity contribution in [1.82, 2.24) is 9.47 Å². The molecule has 3 heteroatoms. The van der Waals surface area contributed by atoms with Gasteiger partial charge in [-0.3, -0.25) is 4.99 Å². The van der Waals surface area contributed by atoms with E-state index in [4.69, 9.17) is 4.99 Å². The predicted molar refractivity (Wildman–Crippen MR) is 78.9 cm³/mol. The van der Waals surface area contributed by atoms with Crippen LogP contribution in [0.3, 0.4) is 0 Å². The first kappa shape index (κ1) is 11.1. The molecule has 98 valence electrons. The van der Waals surface area contributed by atoms with Crippen LogP contribution in [0.4, 0.5) is 0 Å². The summed E-state index contributed by atoms with van der Waals surface area (Å²) in [5, 5.41) is 1.43. The van der Waals surface area contributed by atoms with Crippen molar-refractivity contribution < 1.29 is 0 Å². The number of para-hydroxylation sites is 1. The SMILES string of the molecule is CN1CCCn2c3c(c4ccccc42)CCCN=C31. The Bertz CT molecular complexity index is 666. The van der Waals surface area contributed by atoms with E-state index in [1.165, 1.54) is 40.8 Å². The number of benzene rings is 1. The van der Waals surface area contributed by atoms with E-state index in [0.29, 0.717) is 0 Å². The molecule has 0 amide bonds. The largest absolute Gasteiger partial charge is 0.358 e. The van der Waals surface area contributed by atoms with Crippen LogP contribution in [0, 0.1) is 0 Å². The fraction of sp³-hybridized carbons (Fsp3) is 0.438. The molecule has 4 rings (SSSR count). The summed E-state index contributed by atoms with van der Waals surface area (Å²) < 4.78 is 2.50. The van der Waals surface area contributed by atoms with Gasteiger partial charge in [0, 0.05) is 37.6 Å². The molecule has 0 atom stereocenters. The van der Waals surface area contributed by atoms with Gasteiger partial charge in [-0.15, -0.1) is 0 Å². The van der Waals surface area contributed by atoms with Crippen molar-refractivity contribution in [3.8, 4) is 0 Å². The standard InChI is InChI=1S/C16H19N3/c1-18-10-5-11-19-14-8-3-2-6-12(14)13-7-4-9-17-16(18)15(13)19/h2-3,6,8H,4-5,7,9-11H2,1H3. The van der Waals surface area contributed by atoms with Gasteiger partial charge in [-0.25, -0.2) is 0 Å². The van der Waals surface area contributed by atoms with E-state index >= 15 is 0 Å². The van der Waals surface area contributed by atoms with Crippen molar-refractivity contribution in [1.29, 1.82) is 0 Å². The molecule has 0 bridgehead atoms. The fourth-order valence-corrected chi connectivity index (χ4v) is 3.51. The number of nitrogens with zero attached hydrogens (tertiary/aromatic N) is 3. The Labute approximate surface area is 113 Å². The molecule has 0 N–H and O–H groups in total. The first-order chi connectivity index (χ1) is 9.36. The van der Waals surface area contributed by atoms with Crippen LogP contribution in [-0.2, 0) is 13.0 Å². The number of amidine groups is 1. The van der Waals surface area contributed by atoms with Gasteiger partial charge in [0.25, 0.3) is 0 Å². The smallest absolute Gasteiger partial charge is 0.147 e. The van der Waals surface area contributed by atoms with Gasteiger partial charge in [0.2, 0.25) is 0 Å². The molecule has 0 unspecified atom stereocenters. The maximum atomic E-state index is 4.85. The first-order valence-corrected chi connectivity index (χ1v) is 7.22. The van der Waals surface area contributed by atoms with Crippen LogP contribution in [0.2, 0.25) is 0 Å². The molecule has 0 spiro atoms. The molecule has 1 aromatic carbocycles. The van der Waals surface area contributed by atoms with E-state index in [1.54, 1.807) is 0 Å². The van der Waals surface area contributed by atoms with Crippen LogP contribution < -0.4 is 0 Å². The minimum atomic E-state index is 0.961. The third kappa shape index (κ3) is 1.54. The lowest BCUT2D eigenvalue weighted by Crippen LogP contribution is -2.28. The van der Waals surface area contributed by atoms with Gasteiger partial charge in [0.05, 0.1) is 5.69 Å². The predicted octanol–water partition coefficient (Wildman–Crippen LogP) is 2.67. The van der Waals surface area contributed by atoms with Crippen LogP contribution >= 0.6 is 0 Å². The molecule has 0 aliphatic carbocycles. The highest BCUT2D eigenvalue weighted by Crippen LogP contribution is 2.31. The summed E-state index contributed by atoms with van der Waals surface area (Å²) in [6.07, 6.45) is 3.52. The summed E-state index contributed by atoms with van der Waals surface area (Å²) in [5.41, 5.74) is 4.29. The molecule has 1 aromatic heterocycles. The summed E-state index contributed by atoms with van der Waals surface area (Å²) in [6.45, 7) is 3.18. The Morgan fingerprint density at radius 2 is 2.00 bits per heavy atom. The Hall–Kier alpha value is -1.77. The molecule has 19 heavy (non-hydrogen) atoms. The van der Waals surface area contributed by atoms with Crippen LogP contribution in [0.1, 0.15) is 24.1 Å². The van der Waals surface area contributed by atoms with Crippen LogP contribution in [0.5, 0.6) is 0 Å². The van der Waals surface area contributed by atoms with Gasteiger partial charge in [-0.2, -0.15) is 0 Å². The summed E-state index contributed by atoms with van der Waals surface area (Å²) >= 11 is 0. The highest BCUT2D eigenvalue weighted by molar-refractivity contribution is 6.05. The normalized spacial score (nSPS) is 18.8. The third-order valence-corrected chi connectivity index (χ3v) is 4.37. The lowest BCUT2D eigenvalue weighted by atomic mass is 10.1. The second kappa shape index (κ2) is 4.12. The Kier molecular flexibility index (Phi) is 2.40. The molecule has 3 nitrogen and oxygen atoms in total. The molecule has 0 saturated heterocycles. The van der Waals surface area contributed by atoms with Crippen molar-refractivity contribution in [2.45, 2.75) is 25.8 Å². The van der Waals surface area contributed by atoms with E-state index in [9.17, 15) is 0 Å². The van der Waals surface area contributed by atoms with E-state index < -0.39 is 0 Å². The average molecular weight is 253 g/mol. The van der Waals surface area contributed by atoms with Gasteiger partial charge < -0.3 is 9.47 Å². The molecule has 0 radical (unpaired) electrons. The topological polar surface area (TPSA) is 20.5 Å². The monoisotopic (exact) mass is 253 g/mol. The molecule has 2 aliphatic heterocycles. The summed E-state index contributed by atoms with van der Waals surface area (Å²) in [6, 6.07) is 8.84. The zero-order chi connectivity index (χ0) is 12.8. The molecular formula is C16H19N3. The molecular weight excluding hydrogens is 234 g/mol. The quantitative estimate of drug-likeness (QED) is 0.707. The van der Waals surface area contributed by atoms with Gasteiger partial charge in [0.15, 0.2) is 0 Å². The van der Waals surface area contributed by atoms with Crippen molar-refractivity contribution in [2.75, 3.05) is 20.1 Å². The van der Waals surface area contributed by atoms with Crippen LogP contribution in [-0.4, -0.2) is 35.4 Å². The average Bonchev–Trinajstić information content (AvgIpc) is 2.59. The van der Waals surface area contributed by atoms with Crippen molar-refractivity contribution in [3.05, 3.63) is 35.5 Å². The third-order valence-electron chi connectivity index (χ3n) is 4.37. The molecule has 0 fully saturated rings. The van der Waals surface area contributed by atoms with E-state index in [2.05, 4.69) is 40.8 Å². The number of aryl methyl sites for hydroxylation is 2. The molecule has 2 aliphatic rings. The second-order valence-corrected chi connectivity index (χ2v) is 5.58. The first-order valence-electron chi connectivity index (χ1n) is 7.22. The number of aromatic nitrogens is 1. The van der Waals surface area contributed by atoms with Gasteiger partial charge >= 0.3 is 0 Å². The number of hydrogen-bond acceptors (Lipinski definition) is 2. The number of hydrogen-bond donors (Lipinski definition) is 0. The van der Waals surface area contributed by atoms with E-state index in [0.717, 1.165) is 26.1 Å². The fourth-order valence-electron chi connectivity index (χ4n) is 3.51.